The smallest absolute Gasteiger partial charge is 0.191 e. The number of aliphatic imine (C=N–C) groups is 1. The second-order valence-electron chi connectivity index (χ2n) is 6.87. The van der Waals surface area contributed by atoms with E-state index in [4.69, 9.17) is 11.6 Å². The minimum atomic E-state index is -0.642. The molecule has 24 heavy (non-hydrogen) atoms. The maximum absolute atomic E-state index is 10.5. The van der Waals surface area contributed by atoms with E-state index in [1.54, 1.807) is 11.8 Å². The van der Waals surface area contributed by atoms with Gasteiger partial charge in [0.2, 0.25) is 0 Å². The van der Waals surface area contributed by atoms with Crippen LogP contribution in [0.25, 0.3) is 0 Å². The number of thioether (sulfide) groups is 1. The van der Waals surface area contributed by atoms with Gasteiger partial charge >= 0.3 is 0 Å². The molecular formula is C18H26ClN3OS. The van der Waals surface area contributed by atoms with Crippen LogP contribution in [0, 0.1) is 0 Å². The minimum absolute atomic E-state index is 0.168. The molecule has 1 saturated carbocycles. The molecule has 0 spiro atoms. The van der Waals surface area contributed by atoms with Crippen LogP contribution in [-0.4, -0.2) is 47.8 Å². The normalized spacial score (nSPS) is 25.5. The van der Waals surface area contributed by atoms with Crippen LogP contribution in [0.1, 0.15) is 31.7 Å². The molecule has 0 amide bonds. The molecule has 2 fully saturated rings. The van der Waals surface area contributed by atoms with Crippen molar-refractivity contribution in [2.24, 2.45) is 4.99 Å². The molecule has 1 aromatic rings. The van der Waals surface area contributed by atoms with Crippen molar-refractivity contribution in [2.45, 2.75) is 37.2 Å². The van der Waals surface area contributed by atoms with Crippen molar-refractivity contribution in [1.29, 1.82) is 0 Å². The Morgan fingerprint density at radius 2 is 2.17 bits per heavy atom. The fourth-order valence-electron chi connectivity index (χ4n) is 3.08. The van der Waals surface area contributed by atoms with Crippen LogP contribution in [0.2, 0.25) is 5.02 Å². The molecule has 0 radical (unpaired) electrons. The van der Waals surface area contributed by atoms with Gasteiger partial charge in [-0.05, 0) is 49.6 Å². The zero-order valence-corrected chi connectivity index (χ0v) is 15.7. The van der Waals surface area contributed by atoms with Gasteiger partial charge in [0.1, 0.15) is 0 Å². The standard InChI is InChI=1S/C18H26ClN3OS/c1-2-20-16(22-12-18(23)8-9-24-13-18)21-11-17(6-7-17)14-4-3-5-15(19)10-14/h3-5,10,23H,2,6-9,11-13H2,1H3,(H2,20,21,22). The number of rotatable bonds is 6. The van der Waals surface area contributed by atoms with Gasteiger partial charge in [-0.1, -0.05) is 23.7 Å². The predicted octanol–water partition coefficient (Wildman–Crippen LogP) is 2.79. The van der Waals surface area contributed by atoms with Crippen LogP contribution in [0.15, 0.2) is 29.3 Å². The number of benzene rings is 1. The maximum Gasteiger partial charge on any atom is 0.191 e. The van der Waals surface area contributed by atoms with E-state index in [1.165, 1.54) is 18.4 Å². The largest absolute Gasteiger partial charge is 0.387 e. The van der Waals surface area contributed by atoms with E-state index < -0.39 is 5.60 Å². The van der Waals surface area contributed by atoms with Gasteiger partial charge in [0.25, 0.3) is 0 Å². The molecular weight excluding hydrogens is 342 g/mol. The van der Waals surface area contributed by atoms with Crippen molar-refractivity contribution in [3.8, 4) is 0 Å². The zero-order chi connectivity index (χ0) is 17.0. The fraction of sp³-hybridized carbons (Fsp3) is 0.611. The number of hydrogen-bond donors (Lipinski definition) is 3. The average molecular weight is 368 g/mol. The summed E-state index contributed by atoms with van der Waals surface area (Å²) in [5, 5.41) is 18.0. The molecule has 2 aliphatic rings. The monoisotopic (exact) mass is 367 g/mol. The van der Waals surface area contributed by atoms with E-state index in [0.717, 1.165) is 42.0 Å². The van der Waals surface area contributed by atoms with Gasteiger partial charge in [0, 0.05) is 29.3 Å². The summed E-state index contributed by atoms with van der Waals surface area (Å²) in [6, 6.07) is 8.16. The summed E-state index contributed by atoms with van der Waals surface area (Å²) in [5.41, 5.74) is 0.822. The molecule has 6 heteroatoms. The Hall–Kier alpha value is -0.910. The lowest BCUT2D eigenvalue weighted by Crippen LogP contribution is -2.43. The first-order chi connectivity index (χ1) is 11.6. The van der Waals surface area contributed by atoms with E-state index in [2.05, 4.69) is 34.7 Å². The third-order valence-electron chi connectivity index (χ3n) is 4.84. The van der Waals surface area contributed by atoms with Crippen molar-refractivity contribution < 1.29 is 5.11 Å². The predicted molar refractivity (Wildman–Crippen MR) is 103 cm³/mol. The Labute approximate surface area is 153 Å². The Morgan fingerprint density at radius 3 is 2.79 bits per heavy atom. The summed E-state index contributed by atoms with van der Waals surface area (Å²) in [5.74, 6) is 2.59. The molecule has 4 nitrogen and oxygen atoms in total. The lowest BCUT2D eigenvalue weighted by atomic mass is 9.96. The third-order valence-corrected chi connectivity index (χ3v) is 6.31. The molecule has 1 unspecified atom stereocenters. The zero-order valence-electron chi connectivity index (χ0n) is 14.1. The lowest BCUT2D eigenvalue weighted by molar-refractivity contribution is 0.0778. The van der Waals surface area contributed by atoms with Gasteiger partial charge < -0.3 is 15.7 Å². The van der Waals surface area contributed by atoms with Crippen molar-refractivity contribution in [2.75, 3.05) is 31.1 Å². The highest BCUT2D eigenvalue weighted by molar-refractivity contribution is 7.99. The van der Waals surface area contributed by atoms with Crippen LogP contribution in [-0.2, 0) is 5.41 Å². The molecule has 1 saturated heterocycles. The van der Waals surface area contributed by atoms with Gasteiger partial charge in [-0.3, -0.25) is 4.99 Å². The first-order valence-electron chi connectivity index (χ1n) is 8.64. The first kappa shape index (κ1) is 17.9. The lowest BCUT2D eigenvalue weighted by Gasteiger charge is -2.22. The molecule has 1 aliphatic heterocycles. The highest BCUT2D eigenvalue weighted by Gasteiger charge is 2.44. The molecule has 0 bridgehead atoms. The van der Waals surface area contributed by atoms with Crippen molar-refractivity contribution in [1.82, 2.24) is 10.6 Å². The summed E-state index contributed by atoms with van der Waals surface area (Å²) >= 11 is 7.94. The Morgan fingerprint density at radius 1 is 1.33 bits per heavy atom. The van der Waals surface area contributed by atoms with Crippen LogP contribution < -0.4 is 10.6 Å². The van der Waals surface area contributed by atoms with E-state index in [1.807, 2.05) is 12.1 Å². The molecule has 1 heterocycles. The molecule has 132 valence electrons. The summed E-state index contributed by atoms with van der Waals surface area (Å²) in [6.07, 6.45) is 3.16. The summed E-state index contributed by atoms with van der Waals surface area (Å²) in [6.45, 7) is 4.16. The van der Waals surface area contributed by atoms with E-state index >= 15 is 0 Å². The van der Waals surface area contributed by atoms with E-state index in [0.29, 0.717) is 6.54 Å². The number of guanidine groups is 1. The molecule has 1 aliphatic carbocycles. The molecule has 3 N–H and O–H groups in total. The molecule has 1 atom stereocenters. The number of aliphatic hydroxyl groups is 1. The molecule has 3 rings (SSSR count). The van der Waals surface area contributed by atoms with Gasteiger partial charge in [-0.2, -0.15) is 11.8 Å². The fourth-order valence-corrected chi connectivity index (χ4v) is 4.55. The van der Waals surface area contributed by atoms with Gasteiger partial charge in [0.05, 0.1) is 12.1 Å². The van der Waals surface area contributed by atoms with Gasteiger partial charge in [-0.15, -0.1) is 0 Å². The first-order valence-corrected chi connectivity index (χ1v) is 10.2. The van der Waals surface area contributed by atoms with Crippen LogP contribution in [0.4, 0.5) is 0 Å². The second-order valence-corrected chi connectivity index (χ2v) is 8.41. The van der Waals surface area contributed by atoms with Crippen LogP contribution in [0.5, 0.6) is 0 Å². The topological polar surface area (TPSA) is 56.7 Å². The number of nitrogens with zero attached hydrogens (tertiary/aromatic N) is 1. The van der Waals surface area contributed by atoms with Crippen molar-refractivity contribution in [3.63, 3.8) is 0 Å². The SMILES string of the molecule is CCNC(=NCC1(O)CCSC1)NCC1(c2cccc(Cl)c2)CC1. The maximum atomic E-state index is 10.5. The van der Waals surface area contributed by atoms with E-state index in [-0.39, 0.29) is 5.41 Å². The Kier molecular flexibility index (Phi) is 5.63. The third kappa shape index (κ3) is 4.38. The minimum Gasteiger partial charge on any atom is -0.387 e. The quantitative estimate of drug-likeness (QED) is 0.534. The number of halogens is 1. The second kappa shape index (κ2) is 7.54. The summed E-state index contributed by atoms with van der Waals surface area (Å²) in [4.78, 5) is 4.61. The number of hydrogen-bond acceptors (Lipinski definition) is 3. The number of nitrogens with one attached hydrogen (secondary N) is 2. The van der Waals surface area contributed by atoms with Gasteiger partial charge in [0.15, 0.2) is 5.96 Å². The van der Waals surface area contributed by atoms with Crippen LogP contribution >= 0.6 is 23.4 Å². The van der Waals surface area contributed by atoms with Crippen molar-refractivity contribution >= 4 is 29.3 Å². The average Bonchev–Trinajstić information content (AvgIpc) is 3.25. The Bertz CT molecular complexity index is 598. The highest BCUT2D eigenvalue weighted by Crippen LogP contribution is 2.48. The van der Waals surface area contributed by atoms with Crippen LogP contribution in [0.3, 0.4) is 0 Å². The van der Waals surface area contributed by atoms with Crippen molar-refractivity contribution in [3.05, 3.63) is 34.9 Å². The van der Waals surface area contributed by atoms with Gasteiger partial charge in [-0.25, -0.2) is 0 Å². The molecule has 0 aromatic heterocycles. The summed E-state index contributed by atoms with van der Waals surface area (Å²) in [7, 11) is 0. The Balaban J connectivity index is 1.61. The summed E-state index contributed by atoms with van der Waals surface area (Å²) < 4.78 is 0. The highest BCUT2D eigenvalue weighted by atomic mass is 35.5. The molecule has 1 aromatic carbocycles. The van der Waals surface area contributed by atoms with E-state index in [9.17, 15) is 5.11 Å².